The van der Waals surface area contributed by atoms with Gasteiger partial charge in [-0.3, -0.25) is 5.32 Å². The summed E-state index contributed by atoms with van der Waals surface area (Å²) in [6.07, 6.45) is 1.47. The monoisotopic (exact) mass is 347 g/mol. The molecule has 0 saturated heterocycles. The summed E-state index contributed by atoms with van der Waals surface area (Å²) in [6, 6.07) is 6.97. The summed E-state index contributed by atoms with van der Waals surface area (Å²) in [7, 11) is 5.57. The lowest BCUT2D eigenvalue weighted by atomic mass is 10.3. The van der Waals surface area contributed by atoms with Gasteiger partial charge in [-0.05, 0) is 32.3 Å². The van der Waals surface area contributed by atoms with Crippen LogP contribution in [0.15, 0.2) is 36.5 Å². The van der Waals surface area contributed by atoms with Gasteiger partial charge in [-0.25, -0.2) is 14.2 Å². The third-order valence-electron chi connectivity index (χ3n) is 3.38. The number of nitrogens with zero attached hydrogens (tertiary/aromatic N) is 3. The number of aromatic nitrogens is 1. The molecule has 1 aromatic heterocycles. The molecule has 0 spiro atoms. The van der Waals surface area contributed by atoms with Crippen LogP contribution < -0.4 is 15.8 Å². The fourth-order valence-corrected chi connectivity index (χ4v) is 1.93. The van der Waals surface area contributed by atoms with Gasteiger partial charge >= 0.3 is 6.03 Å². The zero-order chi connectivity index (χ0) is 18.4. The normalized spacial score (nSPS) is 10.6. The maximum absolute atomic E-state index is 13.8. The van der Waals surface area contributed by atoms with E-state index in [0.717, 1.165) is 6.54 Å². The van der Waals surface area contributed by atoms with Crippen LogP contribution in [-0.4, -0.2) is 55.0 Å². The summed E-state index contributed by atoms with van der Waals surface area (Å²) < 4.78 is 19.3. The van der Waals surface area contributed by atoms with Crippen LogP contribution in [0, 0.1) is 5.82 Å². The van der Waals surface area contributed by atoms with E-state index in [1.807, 2.05) is 19.0 Å². The van der Waals surface area contributed by atoms with Gasteiger partial charge in [0.25, 0.3) is 0 Å². The van der Waals surface area contributed by atoms with Gasteiger partial charge in [-0.1, -0.05) is 0 Å². The fraction of sp³-hybridized carbons (Fsp3) is 0.294. The van der Waals surface area contributed by atoms with Crippen molar-refractivity contribution in [2.75, 3.05) is 45.3 Å². The maximum Gasteiger partial charge on any atom is 0.322 e. The molecule has 0 aliphatic rings. The Kier molecular flexibility index (Phi) is 6.13. The second-order valence-corrected chi connectivity index (χ2v) is 5.82. The van der Waals surface area contributed by atoms with Crippen LogP contribution in [-0.2, 0) is 0 Å². The van der Waals surface area contributed by atoms with Crippen molar-refractivity contribution in [2.24, 2.45) is 0 Å². The van der Waals surface area contributed by atoms with Crippen LogP contribution in [0.4, 0.5) is 20.7 Å². The van der Waals surface area contributed by atoms with Crippen molar-refractivity contribution in [1.82, 2.24) is 14.8 Å². The first kappa shape index (κ1) is 18.5. The van der Waals surface area contributed by atoms with Crippen molar-refractivity contribution < 1.29 is 13.9 Å². The van der Waals surface area contributed by atoms with Gasteiger partial charge in [0.1, 0.15) is 11.6 Å². The molecule has 0 radical (unpaired) electrons. The minimum absolute atomic E-state index is 0.0424. The Labute approximate surface area is 146 Å². The van der Waals surface area contributed by atoms with Crippen molar-refractivity contribution in [3.05, 3.63) is 42.3 Å². The van der Waals surface area contributed by atoms with E-state index in [4.69, 9.17) is 10.5 Å². The molecule has 25 heavy (non-hydrogen) atoms. The number of hydrogen-bond donors (Lipinski definition) is 2. The third kappa shape index (κ3) is 5.61. The molecule has 0 unspecified atom stereocenters. The minimum Gasteiger partial charge on any atom is -0.454 e. The van der Waals surface area contributed by atoms with Gasteiger partial charge < -0.3 is 20.3 Å². The van der Waals surface area contributed by atoms with E-state index in [9.17, 15) is 9.18 Å². The third-order valence-corrected chi connectivity index (χ3v) is 3.38. The van der Waals surface area contributed by atoms with E-state index in [-0.39, 0.29) is 11.8 Å². The molecule has 3 N–H and O–H groups in total. The van der Waals surface area contributed by atoms with E-state index in [1.54, 1.807) is 24.1 Å². The standard InChI is InChI=1S/C17H22FN5O2/c1-22(2)8-9-23(3)17(24)21-16-11-13(6-7-20-16)25-15-5-4-12(19)10-14(15)18/h4-7,10-11H,8-9,19H2,1-3H3,(H,20,21,24). The summed E-state index contributed by atoms with van der Waals surface area (Å²) >= 11 is 0. The largest absolute Gasteiger partial charge is 0.454 e. The zero-order valence-electron chi connectivity index (χ0n) is 14.5. The summed E-state index contributed by atoms with van der Waals surface area (Å²) in [5, 5.41) is 2.68. The number of likely N-dealkylation sites (N-methyl/N-ethyl adjacent to an activating group) is 2. The number of rotatable bonds is 6. The number of ether oxygens (including phenoxy) is 1. The number of nitrogens with two attached hydrogens (primary N) is 1. The number of carbonyl (C=O) groups excluding carboxylic acids is 1. The first-order valence-corrected chi connectivity index (χ1v) is 7.71. The van der Waals surface area contributed by atoms with Gasteiger partial charge in [-0.2, -0.15) is 0 Å². The number of hydrogen-bond acceptors (Lipinski definition) is 5. The van der Waals surface area contributed by atoms with Crippen LogP contribution in [0.1, 0.15) is 0 Å². The number of anilines is 2. The highest BCUT2D eigenvalue weighted by Crippen LogP contribution is 2.26. The smallest absolute Gasteiger partial charge is 0.322 e. The Morgan fingerprint density at radius 1 is 1.24 bits per heavy atom. The molecule has 0 aliphatic carbocycles. The number of pyridine rings is 1. The second-order valence-electron chi connectivity index (χ2n) is 5.82. The Morgan fingerprint density at radius 3 is 2.68 bits per heavy atom. The molecule has 7 nitrogen and oxygen atoms in total. The lowest BCUT2D eigenvalue weighted by Crippen LogP contribution is -2.36. The zero-order valence-corrected chi connectivity index (χ0v) is 14.5. The van der Waals surface area contributed by atoms with Gasteiger partial charge in [0.2, 0.25) is 0 Å². The topological polar surface area (TPSA) is 83.7 Å². The Morgan fingerprint density at radius 2 is 2.00 bits per heavy atom. The molecule has 1 heterocycles. The van der Waals surface area contributed by atoms with Gasteiger partial charge in [-0.15, -0.1) is 0 Å². The number of urea groups is 1. The molecule has 134 valence electrons. The van der Waals surface area contributed by atoms with E-state index in [0.29, 0.717) is 23.8 Å². The second kappa shape index (κ2) is 8.29. The van der Waals surface area contributed by atoms with Crippen molar-refractivity contribution >= 4 is 17.5 Å². The highest BCUT2D eigenvalue weighted by atomic mass is 19.1. The predicted molar refractivity (Wildman–Crippen MR) is 95.3 cm³/mol. The summed E-state index contributed by atoms with van der Waals surface area (Å²) in [6.45, 7) is 1.32. The van der Waals surface area contributed by atoms with Crippen LogP contribution in [0.5, 0.6) is 11.5 Å². The average molecular weight is 347 g/mol. The Bertz CT molecular complexity index is 739. The van der Waals surface area contributed by atoms with Crippen LogP contribution in [0.3, 0.4) is 0 Å². The summed E-state index contributed by atoms with van der Waals surface area (Å²) in [5.74, 6) is 0.145. The van der Waals surface area contributed by atoms with Crippen molar-refractivity contribution in [3.8, 4) is 11.5 Å². The lowest BCUT2D eigenvalue weighted by Gasteiger charge is -2.20. The molecule has 2 rings (SSSR count). The van der Waals surface area contributed by atoms with Crippen LogP contribution in [0.25, 0.3) is 0 Å². The number of nitrogen functional groups attached to an aromatic ring is 1. The van der Waals surface area contributed by atoms with Crippen molar-refractivity contribution in [3.63, 3.8) is 0 Å². The first-order valence-electron chi connectivity index (χ1n) is 7.71. The molecule has 8 heteroatoms. The van der Waals surface area contributed by atoms with E-state index < -0.39 is 5.82 Å². The van der Waals surface area contributed by atoms with Gasteiger partial charge in [0.15, 0.2) is 11.6 Å². The SMILES string of the molecule is CN(C)CCN(C)C(=O)Nc1cc(Oc2ccc(N)cc2F)ccn1. The average Bonchev–Trinajstić information content (AvgIpc) is 2.55. The van der Waals surface area contributed by atoms with Crippen molar-refractivity contribution in [1.29, 1.82) is 0 Å². The molecular weight excluding hydrogens is 325 g/mol. The highest BCUT2D eigenvalue weighted by molar-refractivity contribution is 5.88. The molecule has 0 fully saturated rings. The minimum atomic E-state index is -0.564. The molecule has 0 aliphatic heterocycles. The predicted octanol–water partition coefficient (Wildman–Crippen LogP) is 2.62. The molecule has 2 aromatic rings. The lowest BCUT2D eigenvalue weighted by molar-refractivity contribution is 0.217. The summed E-state index contributed by atoms with van der Waals surface area (Å²) in [4.78, 5) is 19.7. The number of halogens is 1. The fourth-order valence-electron chi connectivity index (χ4n) is 1.93. The maximum atomic E-state index is 13.8. The molecule has 0 atom stereocenters. The van der Waals surface area contributed by atoms with Crippen molar-refractivity contribution in [2.45, 2.75) is 0 Å². The number of nitrogens with one attached hydrogen (secondary N) is 1. The molecule has 2 amide bonds. The number of carbonyl (C=O) groups is 1. The molecule has 0 bridgehead atoms. The van der Waals surface area contributed by atoms with Gasteiger partial charge in [0.05, 0.1) is 0 Å². The molecule has 1 aromatic carbocycles. The van der Waals surface area contributed by atoms with Gasteiger partial charge in [0, 0.05) is 44.2 Å². The molecular formula is C17H22FN5O2. The molecule has 0 saturated carbocycles. The van der Waals surface area contributed by atoms with Crippen LogP contribution in [0.2, 0.25) is 0 Å². The van der Waals surface area contributed by atoms with E-state index in [1.165, 1.54) is 24.4 Å². The summed E-state index contributed by atoms with van der Waals surface area (Å²) in [5.41, 5.74) is 5.82. The number of amides is 2. The number of benzene rings is 1. The van der Waals surface area contributed by atoms with E-state index >= 15 is 0 Å². The Hall–Kier alpha value is -2.87. The highest BCUT2D eigenvalue weighted by Gasteiger charge is 2.11. The van der Waals surface area contributed by atoms with E-state index in [2.05, 4.69) is 10.3 Å². The Balaban J connectivity index is 2.02. The van der Waals surface area contributed by atoms with Crippen LogP contribution >= 0.6 is 0 Å². The quantitative estimate of drug-likeness (QED) is 0.785. The first-order chi connectivity index (χ1) is 11.8.